The quantitative estimate of drug-likeness (QED) is 0.704. The van der Waals surface area contributed by atoms with Crippen molar-refractivity contribution in [3.63, 3.8) is 0 Å². The second-order valence-electron chi connectivity index (χ2n) is 5.60. The van der Waals surface area contributed by atoms with Gasteiger partial charge in [0, 0.05) is 21.6 Å². The first-order valence-electron chi connectivity index (χ1n) is 6.96. The second kappa shape index (κ2) is 6.04. The minimum Gasteiger partial charge on any atom is -0.335 e. The molecule has 1 saturated carbocycles. The van der Waals surface area contributed by atoms with Crippen LogP contribution in [0.15, 0.2) is 29.3 Å². The van der Waals surface area contributed by atoms with Crippen molar-refractivity contribution in [2.24, 2.45) is 10.4 Å². The summed E-state index contributed by atoms with van der Waals surface area (Å²) in [5, 5.41) is 4.53. The van der Waals surface area contributed by atoms with Gasteiger partial charge in [0.15, 0.2) is 5.17 Å². The largest absolute Gasteiger partial charge is 0.335 e. The number of anilines is 1. The standard InChI is InChI=1S/C15H19IN2S/c16-12-4-6-13(7-5-12)18-14-17-10-15(11-19-14)8-2-1-3-9-15/h4-7H,1-3,8-11H2,(H,17,18). The summed E-state index contributed by atoms with van der Waals surface area (Å²) in [6, 6.07) is 8.49. The molecule has 4 heteroatoms. The van der Waals surface area contributed by atoms with Gasteiger partial charge in [-0.3, -0.25) is 4.99 Å². The average molecular weight is 386 g/mol. The molecular formula is C15H19IN2S. The van der Waals surface area contributed by atoms with E-state index in [1.807, 2.05) is 11.8 Å². The highest BCUT2D eigenvalue weighted by Gasteiger charge is 2.34. The van der Waals surface area contributed by atoms with Crippen LogP contribution in [0.4, 0.5) is 5.69 Å². The number of nitrogens with one attached hydrogen (secondary N) is 1. The van der Waals surface area contributed by atoms with E-state index in [9.17, 15) is 0 Å². The molecular weight excluding hydrogens is 367 g/mol. The molecule has 19 heavy (non-hydrogen) atoms. The summed E-state index contributed by atoms with van der Waals surface area (Å²) in [5.41, 5.74) is 1.66. The maximum Gasteiger partial charge on any atom is 0.161 e. The Morgan fingerprint density at radius 2 is 1.84 bits per heavy atom. The predicted molar refractivity (Wildman–Crippen MR) is 93.1 cm³/mol. The summed E-state index contributed by atoms with van der Waals surface area (Å²) in [6.45, 7) is 1.02. The smallest absolute Gasteiger partial charge is 0.161 e. The van der Waals surface area contributed by atoms with Crippen LogP contribution in [0, 0.1) is 8.99 Å². The van der Waals surface area contributed by atoms with E-state index in [0.717, 1.165) is 17.4 Å². The van der Waals surface area contributed by atoms with Crippen molar-refractivity contribution < 1.29 is 0 Å². The van der Waals surface area contributed by atoms with E-state index in [0.29, 0.717) is 5.41 Å². The molecule has 1 aliphatic heterocycles. The van der Waals surface area contributed by atoms with Crippen LogP contribution in [-0.4, -0.2) is 17.5 Å². The third-order valence-electron chi connectivity index (χ3n) is 4.08. The van der Waals surface area contributed by atoms with Gasteiger partial charge in [-0.05, 0) is 65.1 Å². The molecule has 1 spiro atoms. The predicted octanol–water partition coefficient (Wildman–Crippen LogP) is 4.76. The highest BCUT2D eigenvalue weighted by Crippen LogP contribution is 2.41. The van der Waals surface area contributed by atoms with Gasteiger partial charge in [-0.15, -0.1) is 0 Å². The molecule has 0 atom stereocenters. The van der Waals surface area contributed by atoms with Gasteiger partial charge < -0.3 is 5.32 Å². The van der Waals surface area contributed by atoms with E-state index in [1.165, 1.54) is 41.4 Å². The van der Waals surface area contributed by atoms with Crippen molar-refractivity contribution in [1.82, 2.24) is 0 Å². The fourth-order valence-electron chi connectivity index (χ4n) is 2.89. The normalized spacial score (nSPS) is 22.1. The Morgan fingerprint density at radius 1 is 1.11 bits per heavy atom. The van der Waals surface area contributed by atoms with Gasteiger partial charge >= 0.3 is 0 Å². The van der Waals surface area contributed by atoms with Gasteiger partial charge in [-0.25, -0.2) is 0 Å². The third-order valence-corrected chi connectivity index (χ3v) is 6.06. The van der Waals surface area contributed by atoms with Crippen molar-refractivity contribution in [3.8, 4) is 0 Å². The summed E-state index contributed by atoms with van der Waals surface area (Å²) in [6.07, 6.45) is 6.97. The molecule has 1 aromatic carbocycles. The topological polar surface area (TPSA) is 24.4 Å². The zero-order chi connectivity index (χ0) is 13.1. The van der Waals surface area contributed by atoms with Crippen molar-refractivity contribution in [3.05, 3.63) is 27.8 Å². The van der Waals surface area contributed by atoms with Gasteiger partial charge in [-0.1, -0.05) is 31.0 Å². The molecule has 0 amide bonds. The van der Waals surface area contributed by atoms with Crippen LogP contribution in [0.1, 0.15) is 32.1 Å². The first-order valence-corrected chi connectivity index (χ1v) is 9.02. The Balaban J connectivity index is 1.63. The van der Waals surface area contributed by atoms with E-state index < -0.39 is 0 Å². The highest BCUT2D eigenvalue weighted by molar-refractivity contribution is 14.1. The molecule has 0 saturated heterocycles. The zero-order valence-electron chi connectivity index (χ0n) is 11.0. The Kier molecular flexibility index (Phi) is 4.37. The lowest BCUT2D eigenvalue weighted by molar-refractivity contribution is 0.232. The molecule has 0 radical (unpaired) electrons. The summed E-state index contributed by atoms with van der Waals surface area (Å²) >= 11 is 4.23. The molecule has 1 aliphatic carbocycles. The Hall–Kier alpha value is -0.230. The van der Waals surface area contributed by atoms with Crippen molar-refractivity contribution >= 4 is 45.2 Å². The van der Waals surface area contributed by atoms with E-state index in [-0.39, 0.29) is 0 Å². The van der Waals surface area contributed by atoms with Gasteiger partial charge in [-0.2, -0.15) is 0 Å². The fourth-order valence-corrected chi connectivity index (χ4v) is 4.42. The van der Waals surface area contributed by atoms with Gasteiger partial charge in [0.1, 0.15) is 0 Å². The first-order chi connectivity index (χ1) is 9.26. The number of nitrogens with zero attached hydrogens (tertiary/aromatic N) is 1. The van der Waals surface area contributed by atoms with Crippen LogP contribution in [0.25, 0.3) is 0 Å². The maximum atomic E-state index is 4.79. The summed E-state index contributed by atoms with van der Waals surface area (Å²) in [7, 11) is 0. The van der Waals surface area contributed by atoms with Crippen molar-refractivity contribution in [2.45, 2.75) is 32.1 Å². The van der Waals surface area contributed by atoms with Crippen molar-refractivity contribution in [1.29, 1.82) is 0 Å². The number of halogens is 1. The Morgan fingerprint density at radius 3 is 2.47 bits per heavy atom. The van der Waals surface area contributed by atoms with E-state index in [2.05, 4.69) is 52.2 Å². The number of hydrogen-bond acceptors (Lipinski definition) is 3. The number of thioether (sulfide) groups is 1. The zero-order valence-corrected chi connectivity index (χ0v) is 14.0. The monoisotopic (exact) mass is 386 g/mol. The number of aliphatic imine (C=N–C) groups is 1. The number of benzene rings is 1. The Bertz CT molecular complexity index is 464. The third kappa shape index (κ3) is 3.45. The molecule has 0 aromatic heterocycles. The van der Waals surface area contributed by atoms with Gasteiger partial charge in [0.2, 0.25) is 0 Å². The van der Waals surface area contributed by atoms with Crippen molar-refractivity contribution in [2.75, 3.05) is 17.6 Å². The van der Waals surface area contributed by atoms with Gasteiger partial charge in [0.25, 0.3) is 0 Å². The van der Waals surface area contributed by atoms with E-state index in [1.54, 1.807) is 0 Å². The minimum absolute atomic E-state index is 0.514. The molecule has 2 nitrogen and oxygen atoms in total. The molecule has 2 aliphatic rings. The van der Waals surface area contributed by atoms with Crippen LogP contribution in [0.2, 0.25) is 0 Å². The molecule has 0 unspecified atom stereocenters. The summed E-state index contributed by atoms with van der Waals surface area (Å²) in [4.78, 5) is 4.79. The van der Waals surface area contributed by atoms with Crippen LogP contribution in [-0.2, 0) is 0 Å². The van der Waals surface area contributed by atoms with Crippen LogP contribution >= 0.6 is 34.4 Å². The van der Waals surface area contributed by atoms with Gasteiger partial charge in [0.05, 0.1) is 0 Å². The number of hydrogen-bond donors (Lipinski definition) is 1. The summed E-state index contributed by atoms with van der Waals surface area (Å²) < 4.78 is 1.27. The molecule has 3 rings (SSSR count). The SMILES string of the molecule is Ic1ccc(NC2=NCC3(CCCCC3)CS2)cc1. The highest BCUT2D eigenvalue weighted by atomic mass is 127. The lowest BCUT2D eigenvalue weighted by Gasteiger charge is -2.38. The molecule has 1 heterocycles. The Labute approximate surface area is 133 Å². The molecule has 1 fully saturated rings. The minimum atomic E-state index is 0.514. The van der Waals surface area contributed by atoms with E-state index >= 15 is 0 Å². The van der Waals surface area contributed by atoms with Crippen LogP contribution in [0.3, 0.4) is 0 Å². The fraction of sp³-hybridized carbons (Fsp3) is 0.533. The lowest BCUT2D eigenvalue weighted by Crippen LogP contribution is -2.35. The van der Waals surface area contributed by atoms with Crippen LogP contribution < -0.4 is 5.32 Å². The first kappa shape index (κ1) is 13.7. The number of rotatable bonds is 1. The second-order valence-corrected chi connectivity index (χ2v) is 7.81. The lowest BCUT2D eigenvalue weighted by atomic mass is 9.75. The molecule has 1 aromatic rings. The summed E-state index contributed by atoms with van der Waals surface area (Å²) in [5.74, 6) is 1.24. The molecule has 102 valence electrons. The van der Waals surface area contributed by atoms with Crippen LogP contribution in [0.5, 0.6) is 0 Å². The number of amidine groups is 1. The molecule has 0 bridgehead atoms. The van der Waals surface area contributed by atoms with E-state index in [4.69, 9.17) is 4.99 Å². The maximum absolute atomic E-state index is 4.79. The molecule has 1 N–H and O–H groups in total. The average Bonchev–Trinajstić information content (AvgIpc) is 2.45.